The van der Waals surface area contributed by atoms with Gasteiger partial charge in [-0.15, -0.1) is 0 Å². The van der Waals surface area contributed by atoms with Crippen LogP contribution in [0.15, 0.2) is 27.7 Å². The van der Waals surface area contributed by atoms with Crippen LogP contribution in [0.5, 0.6) is 0 Å². The van der Waals surface area contributed by atoms with Gasteiger partial charge in [-0.1, -0.05) is 22.0 Å². The second-order valence-electron chi connectivity index (χ2n) is 6.08. The molecular formula is C17H18BrFN2O3. The summed E-state index contributed by atoms with van der Waals surface area (Å²) >= 11 is 3.31. The zero-order valence-electron chi connectivity index (χ0n) is 13.6. The monoisotopic (exact) mass is 396 g/mol. The van der Waals surface area contributed by atoms with E-state index in [1.54, 1.807) is 13.8 Å². The highest BCUT2D eigenvalue weighted by molar-refractivity contribution is 9.10. The Bertz CT molecular complexity index is 731. The molecule has 1 N–H and O–H groups in total. The Morgan fingerprint density at radius 2 is 2.25 bits per heavy atom. The third kappa shape index (κ3) is 2.96. The molecule has 1 aliphatic heterocycles. The summed E-state index contributed by atoms with van der Waals surface area (Å²) in [5, 5.41) is 19.6. The minimum absolute atomic E-state index is 0.119. The summed E-state index contributed by atoms with van der Waals surface area (Å²) in [6.45, 7) is 3.40. The van der Waals surface area contributed by atoms with Crippen LogP contribution in [0.1, 0.15) is 25.3 Å². The van der Waals surface area contributed by atoms with Crippen molar-refractivity contribution < 1.29 is 19.0 Å². The maximum atomic E-state index is 13.5. The number of nitrogens with zero attached hydrogens (tertiary/aromatic N) is 2. The van der Waals surface area contributed by atoms with E-state index in [0.29, 0.717) is 15.7 Å². The first kappa shape index (κ1) is 18.6. The Balaban J connectivity index is 2.73. The number of halogens is 2. The van der Waals surface area contributed by atoms with Crippen molar-refractivity contribution in [1.82, 2.24) is 0 Å². The largest absolute Gasteiger partial charge is 0.481 e. The predicted octanol–water partition coefficient (Wildman–Crippen LogP) is 3.39. The van der Waals surface area contributed by atoms with Gasteiger partial charge in [0.05, 0.1) is 30.1 Å². The molecule has 1 aromatic rings. The lowest BCUT2D eigenvalue weighted by atomic mass is 9.61. The fraction of sp³-hybridized carbons (Fsp3) is 0.471. The molecule has 0 saturated carbocycles. The molecule has 1 heterocycles. The van der Waals surface area contributed by atoms with Crippen LogP contribution in [0.25, 0.3) is 0 Å². The molecule has 0 bridgehead atoms. The Morgan fingerprint density at radius 3 is 2.75 bits per heavy atom. The summed E-state index contributed by atoms with van der Waals surface area (Å²) in [6.07, 6.45) is 0. The number of carboxylic acid groups (broad SMARTS) is 1. The number of benzene rings is 1. The van der Waals surface area contributed by atoms with E-state index >= 15 is 0 Å². The molecule has 24 heavy (non-hydrogen) atoms. The number of rotatable bonds is 4. The molecule has 0 spiro atoms. The standard InChI is InChI=1S/C17H18BrFN2O3/c1-9-12(7-20)15(11-5-4-10(19)6-13(11)18)17(2,16(22)23)14(21-9)8-24-3/h4-6,12,14-15H,8H2,1-3H3,(H,22,23). The second kappa shape index (κ2) is 6.99. The van der Waals surface area contributed by atoms with E-state index in [9.17, 15) is 19.6 Å². The second-order valence-corrected chi connectivity index (χ2v) is 6.93. The molecule has 1 aliphatic rings. The number of carbonyl (C=O) groups is 1. The van der Waals surface area contributed by atoms with Crippen LogP contribution in [0.4, 0.5) is 4.39 Å². The van der Waals surface area contributed by atoms with Gasteiger partial charge >= 0.3 is 5.97 Å². The normalized spacial score (nSPS) is 29.7. The van der Waals surface area contributed by atoms with Crippen LogP contribution in [-0.2, 0) is 9.53 Å². The number of ether oxygens (including phenoxy) is 1. The van der Waals surface area contributed by atoms with Crippen molar-refractivity contribution in [2.45, 2.75) is 25.8 Å². The maximum absolute atomic E-state index is 13.5. The molecule has 1 aromatic carbocycles. The summed E-state index contributed by atoms with van der Waals surface area (Å²) in [5.41, 5.74) is -0.237. The van der Waals surface area contributed by atoms with E-state index in [-0.39, 0.29) is 6.61 Å². The van der Waals surface area contributed by atoms with Gasteiger partial charge in [0.2, 0.25) is 0 Å². The zero-order valence-corrected chi connectivity index (χ0v) is 15.2. The number of aliphatic carboxylic acids is 1. The number of aliphatic imine (C=N–C) groups is 1. The van der Waals surface area contributed by atoms with Gasteiger partial charge in [-0.3, -0.25) is 9.79 Å². The van der Waals surface area contributed by atoms with Crippen LogP contribution in [0.2, 0.25) is 0 Å². The van der Waals surface area contributed by atoms with Gasteiger partial charge in [0, 0.05) is 23.2 Å². The van der Waals surface area contributed by atoms with Crippen LogP contribution in [0.3, 0.4) is 0 Å². The van der Waals surface area contributed by atoms with E-state index in [4.69, 9.17) is 4.74 Å². The van der Waals surface area contributed by atoms with E-state index in [2.05, 4.69) is 27.0 Å². The van der Waals surface area contributed by atoms with Crippen LogP contribution >= 0.6 is 15.9 Å². The maximum Gasteiger partial charge on any atom is 0.312 e. The molecule has 7 heteroatoms. The summed E-state index contributed by atoms with van der Waals surface area (Å²) in [6, 6.07) is 5.59. The van der Waals surface area contributed by atoms with Gasteiger partial charge < -0.3 is 9.84 Å². The zero-order chi connectivity index (χ0) is 18.1. The van der Waals surface area contributed by atoms with Crippen LogP contribution in [0, 0.1) is 28.5 Å². The molecule has 128 valence electrons. The van der Waals surface area contributed by atoms with Gasteiger partial charge in [-0.05, 0) is 31.5 Å². The number of methoxy groups -OCH3 is 1. The number of carboxylic acids is 1. The minimum Gasteiger partial charge on any atom is -0.481 e. The molecular weight excluding hydrogens is 379 g/mol. The molecule has 0 aliphatic carbocycles. The Morgan fingerprint density at radius 1 is 1.58 bits per heavy atom. The smallest absolute Gasteiger partial charge is 0.312 e. The first-order valence-corrected chi connectivity index (χ1v) is 8.17. The van der Waals surface area contributed by atoms with Crippen molar-refractivity contribution in [2.75, 3.05) is 13.7 Å². The molecule has 0 aromatic heterocycles. The molecule has 4 atom stereocenters. The predicted molar refractivity (Wildman–Crippen MR) is 90.5 cm³/mol. The van der Waals surface area contributed by atoms with Gasteiger partial charge in [0.25, 0.3) is 0 Å². The lowest BCUT2D eigenvalue weighted by Gasteiger charge is -2.44. The first-order valence-electron chi connectivity index (χ1n) is 7.38. The molecule has 4 unspecified atom stereocenters. The van der Waals surface area contributed by atoms with Crippen molar-refractivity contribution >= 4 is 27.6 Å². The molecule has 2 rings (SSSR count). The lowest BCUT2D eigenvalue weighted by molar-refractivity contribution is -0.152. The van der Waals surface area contributed by atoms with Gasteiger partial charge in [-0.2, -0.15) is 5.26 Å². The van der Waals surface area contributed by atoms with Crippen molar-refractivity contribution in [2.24, 2.45) is 16.3 Å². The van der Waals surface area contributed by atoms with Crippen molar-refractivity contribution in [3.05, 3.63) is 34.1 Å². The molecule has 0 amide bonds. The van der Waals surface area contributed by atoms with E-state index in [0.717, 1.165) is 0 Å². The van der Waals surface area contributed by atoms with Gasteiger partial charge in [-0.25, -0.2) is 4.39 Å². The average Bonchev–Trinajstić information content (AvgIpc) is 2.51. The van der Waals surface area contributed by atoms with Gasteiger partial charge in [0.15, 0.2) is 0 Å². The SMILES string of the molecule is COCC1N=C(C)C(C#N)C(c2ccc(F)cc2Br)C1(C)C(=O)O. The topological polar surface area (TPSA) is 82.7 Å². The van der Waals surface area contributed by atoms with E-state index in [1.807, 2.05) is 0 Å². The minimum atomic E-state index is -1.36. The number of hydrogen-bond acceptors (Lipinski definition) is 4. The van der Waals surface area contributed by atoms with Crippen LogP contribution < -0.4 is 0 Å². The summed E-state index contributed by atoms with van der Waals surface area (Å²) in [5.74, 6) is -2.92. The Labute approximate surface area is 148 Å². The average molecular weight is 397 g/mol. The molecule has 0 radical (unpaired) electrons. The third-order valence-corrected chi connectivity index (χ3v) is 5.39. The number of hydrogen-bond donors (Lipinski definition) is 1. The quantitative estimate of drug-likeness (QED) is 0.845. The highest BCUT2D eigenvalue weighted by Gasteiger charge is 2.55. The fourth-order valence-corrected chi connectivity index (χ4v) is 3.92. The molecule has 5 nitrogen and oxygen atoms in total. The number of nitriles is 1. The van der Waals surface area contributed by atoms with E-state index < -0.39 is 35.1 Å². The van der Waals surface area contributed by atoms with E-state index in [1.165, 1.54) is 25.3 Å². The summed E-state index contributed by atoms with van der Waals surface area (Å²) in [4.78, 5) is 16.6. The van der Waals surface area contributed by atoms with Crippen LogP contribution in [-0.4, -0.2) is 36.5 Å². The molecule has 0 fully saturated rings. The fourth-order valence-electron chi connectivity index (χ4n) is 3.32. The van der Waals surface area contributed by atoms with Crippen molar-refractivity contribution in [3.63, 3.8) is 0 Å². The molecule has 0 saturated heterocycles. The third-order valence-electron chi connectivity index (χ3n) is 4.70. The first-order chi connectivity index (χ1) is 11.3. The Hall–Kier alpha value is -1.78. The lowest BCUT2D eigenvalue weighted by Crippen LogP contribution is -2.52. The van der Waals surface area contributed by atoms with Crippen molar-refractivity contribution in [3.8, 4) is 6.07 Å². The van der Waals surface area contributed by atoms with Gasteiger partial charge in [0.1, 0.15) is 5.82 Å². The highest BCUT2D eigenvalue weighted by atomic mass is 79.9. The summed E-state index contributed by atoms with van der Waals surface area (Å²) < 4.78 is 19.1. The van der Waals surface area contributed by atoms with Crippen molar-refractivity contribution in [1.29, 1.82) is 5.26 Å². The summed E-state index contributed by atoms with van der Waals surface area (Å²) in [7, 11) is 1.48. The Kier molecular flexibility index (Phi) is 5.41. The highest BCUT2D eigenvalue weighted by Crippen LogP contribution is 2.50.